The zero-order valence-electron chi connectivity index (χ0n) is 13.1. The highest BCUT2D eigenvalue weighted by molar-refractivity contribution is 7.99. The van der Waals surface area contributed by atoms with Gasteiger partial charge in [0, 0.05) is 30.4 Å². The van der Waals surface area contributed by atoms with E-state index in [2.05, 4.69) is 73.1 Å². The molecule has 3 heteroatoms. The highest BCUT2D eigenvalue weighted by atomic mass is 32.2. The molecule has 2 rings (SSSR count). The van der Waals surface area contributed by atoms with Crippen LogP contribution >= 0.6 is 11.8 Å². The minimum atomic E-state index is 0.174. The third-order valence-electron chi connectivity index (χ3n) is 3.71. The molecule has 0 saturated carbocycles. The van der Waals surface area contributed by atoms with E-state index in [1.807, 2.05) is 0 Å². The molecule has 1 unspecified atom stereocenters. The van der Waals surface area contributed by atoms with Crippen molar-refractivity contribution < 1.29 is 0 Å². The maximum absolute atomic E-state index is 3.69. The smallest absolute Gasteiger partial charge is 0.0473 e. The molecule has 1 atom stereocenters. The fourth-order valence-corrected chi connectivity index (χ4v) is 3.51. The van der Waals surface area contributed by atoms with Crippen molar-refractivity contribution >= 4 is 11.8 Å². The van der Waals surface area contributed by atoms with Crippen LogP contribution in [0.1, 0.15) is 38.8 Å². The zero-order chi connectivity index (χ0) is 14.4. The van der Waals surface area contributed by atoms with E-state index in [1.165, 1.54) is 36.6 Å². The quantitative estimate of drug-likeness (QED) is 0.913. The molecular formula is C17H28N2S. The monoisotopic (exact) mass is 292 g/mol. The highest BCUT2D eigenvalue weighted by Gasteiger charge is 2.23. The Hall–Kier alpha value is -0.510. The minimum absolute atomic E-state index is 0.174. The predicted octanol–water partition coefficient (Wildman–Crippen LogP) is 3.55. The van der Waals surface area contributed by atoms with Crippen LogP contribution in [0.2, 0.25) is 0 Å². The molecule has 1 heterocycles. The molecule has 0 spiro atoms. The minimum Gasteiger partial charge on any atom is -0.310 e. The Balaban J connectivity index is 2.10. The van der Waals surface area contributed by atoms with Crippen LogP contribution in [-0.2, 0) is 0 Å². The second-order valence-electron chi connectivity index (χ2n) is 6.56. The van der Waals surface area contributed by atoms with Crippen molar-refractivity contribution in [3.05, 3.63) is 35.9 Å². The first-order valence-electron chi connectivity index (χ1n) is 7.68. The maximum atomic E-state index is 3.69. The van der Waals surface area contributed by atoms with Gasteiger partial charge in [0.15, 0.2) is 0 Å². The molecule has 0 bridgehead atoms. The number of nitrogens with zero attached hydrogens (tertiary/aromatic N) is 1. The first-order chi connectivity index (χ1) is 9.56. The van der Waals surface area contributed by atoms with Crippen molar-refractivity contribution in [1.29, 1.82) is 0 Å². The van der Waals surface area contributed by atoms with Crippen LogP contribution in [0.5, 0.6) is 0 Å². The molecule has 1 aromatic rings. The summed E-state index contributed by atoms with van der Waals surface area (Å²) in [5.74, 6) is 2.57. The van der Waals surface area contributed by atoms with Crippen molar-refractivity contribution in [2.45, 2.75) is 38.8 Å². The molecule has 1 aromatic carbocycles. The van der Waals surface area contributed by atoms with Crippen LogP contribution < -0.4 is 5.32 Å². The van der Waals surface area contributed by atoms with E-state index in [0.717, 1.165) is 6.54 Å². The molecule has 0 aromatic heterocycles. The van der Waals surface area contributed by atoms with Crippen LogP contribution in [0.25, 0.3) is 0 Å². The van der Waals surface area contributed by atoms with Crippen LogP contribution in [0.3, 0.4) is 0 Å². The summed E-state index contributed by atoms with van der Waals surface area (Å²) in [4.78, 5) is 2.66. The second kappa shape index (κ2) is 7.48. The highest BCUT2D eigenvalue weighted by Crippen LogP contribution is 2.24. The molecule has 0 amide bonds. The summed E-state index contributed by atoms with van der Waals surface area (Å²) in [6.45, 7) is 10.2. The summed E-state index contributed by atoms with van der Waals surface area (Å²) in [6, 6.07) is 11.5. The third-order valence-corrected chi connectivity index (χ3v) is 4.76. The predicted molar refractivity (Wildman–Crippen MR) is 90.5 cm³/mol. The van der Waals surface area contributed by atoms with Gasteiger partial charge in [-0.25, -0.2) is 0 Å². The lowest BCUT2D eigenvalue weighted by molar-refractivity contribution is 0.196. The van der Waals surface area contributed by atoms with Crippen molar-refractivity contribution in [3.8, 4) is 0 Å². The van der Waals surface area contributed by atoms with Crippen LogP contribution in [0.15, 0.2) is 30.3 Å². The van der Waals surface area contributed by atoms with Gasteiger partial charge in [-0.15, -0.1) is 0 Å². The van der Waals surface area contributed by atoms with E-state index in [9.17, 15) is 0 Å². The molecule has 1 saturated heterocycles. The Labute approximate surface area is 128 Å². The van der Waals surface area contributed by atoms with Crippen molar-refractivity contribution in [3.63, 3.8) is 0 Å². The standard InChI is InChI=1S/C17H28N2S/c1-17(2,3)18-14-16(15-8-5-4-6-9-15)19-10-7-12-20-13-11-19/h4-6,8-9,16,18H,7,10-14H2,1-3H3. The number of thioether (sulfide) groups is 1. The van der Waals surface area contributed by atoms with Gasteiger partial charge in [-0.2, -0.15) is 11.8 Å². The average molecular weight is 292 g/mol. The zero-order valence-corrected chi connectivity index (χ0v) is 13.9. The van der Waals surface area contributed by atoms with Gasteiger partial charge in [0.05, 0.1) is 0 Å². The first-order valence-corrected chi connectivity index (χ1v) is 8.83. The Morgan fingerprint density at radius 1 is 1.15 bits per heavy atom. The number of rotatable bonds is 4. The SMILES string of the molecule is CC(C)(C)NCC(c1ccccc1)N1CCCSCC1. The summed E-state index contributed by atoms with van der Waals surface area (Å²) in [5.41, 5.74) is 1.62. The topological polar surface area (TPSA) is 15.3 Å². The maximum Gasteiger partial charge on any atom is 0.0473 e. The first kappa shape index (κ1) is 15.9. The van der Waals surface area contributed by atoms with E-state index >= 15 is 0 Å². The summed E-state index contributed by atoms with van der Waals surface area (Å²) >= 11 is 2.09. The summed E-state index contributed by atoms with van der Waals surface area (Å²) < 4.78 is 0. The van der Waals surface area contributed by atoms with Gasteiger partial charge in [-0.3, -0.25) is 4.90 Å². The number of nitrogens with one attached hydrogen (secondary N) is 1. The molecule has 1 aliphatic heterocycles. The lowest BCUT2D eigenvalue weighted by atomic mass is 10.0. The lowest BCUT2D eigenvalue weighted by Crippen LogP contribution is -2.43. The molecular weight excluding hydrogens is 264 g/mol. The molecule has 112 valence electrons. The van der Waals surface area contributed by atoms with Gasteiger partial charge in [0.1, 0.15) is 0 Å². The Morgan fingerprint density at radius 3 is 2.60 bits per heavy atom. The van der Waals surface area contributed by atoms with Gasteiger partial charge in [0.2, 0.25) is 0 Å². The summed E-state index contributed by atoms with van der Waals surface area (Å²) in [6.07, 6.45) is 1.31. The van der Waals surface area contributed by atoms with Gasteiger partial charge < -0.3 is 5.32 Å². The van der Waals surface area contributed by atoms with E-state index in [-0.39, 0.29) is 5.54 Å². The fourth-order valence-electron chi connectivity index (χ4n) is 2.61. The average Bonchev–Trinajstić information content (AvgIpc) is 2.68. The number of benzene rings is 1. The third kappa shape index (κ3) is 5.12. The Bertz CT molecular complexity index is 378. The van der Waals surface area contributed by atoms with Crippen molar-refractivity contribution in [2.75, 3.05) is 31.1 Å². The molecule has 1 N–H and O–H groups in total. The van der Waals surface area contributed by atoms with Gasteiger partial charge in [-0.05, 0) is 45.1 Å². The Morgan fingerprint density at radius 2 is 1.90 bits per heavy atom. The number of hydrogen-bond donors (Lipinski definition) is 1. The van der Waals surface area contributed by atoms with Gasteiger partial charge >= 0.3 is 0 Å². The van der Waals surface area contributed by atoms with Crippen LogP contribution in [-0.4, -0.2) is 41.6 Å². The number of hydrogen-bond acceptors (Lipinski definition) is 3. The van der Waals surface area contributed by atoms with Gasteiger partial charge in [0.25, 0.3) is 0 Å². The molecule has 1 fully saturated rings. The fraction of sp³-hybridized carbons (Fsp3) is 0.647. The van der Waals surface area contributed by atoms with Crippen LogP contribution in [0.4, 0.5) is 0 Å². The van der Waals surface area contributed by atoms with E-state index < -0.39 is 0 Å². The van der Waals surface area contributed by atoms with E-state index in [0.29, 0.717) is 6.04 Å². The molecule has 0 aliphatic carbocycles. The lowest BCUT2D eigenvalue weighted by Gasteiger charge is -2.33. The summed E-state index contributed by atoms with van der Waals surface area (Å²) in [7, 11) is 0. The Kier molecular flexibility index (Phi) is 5.94. The largest absolute Gasteiger partial charge is 0.310 e. The molecule has 2 nitrogen and oxygen atoms in total. The van der Waals surface area contributed by atoms with Gasteiger partial charge in [-0.1, -0.05) is 30.3 Å². The molecule has 0 radical (unpaired) electrons. The van der Waals surface area contributed by atoms with E-state index in [1.54, 1.807) is 0 Å². The normalized spacial score (nSPS) is 19.6. The second-order valence-corrected chi connectivity index (χ2v) is 7.78. The van der Waals surface area contributed by atoms with E-state index in [4.69, 9.17) is 0 Å². The van der Waals surface area contributed by atoms with Crippen LogP contribution in [0, 0.1) is 0 Å². The molecule has 20 heavy (non-hydrogen) atoms. The van der Waals surface area contributed by atoms with Crippen molar-refractivity contribution in [2.24, 2.45) is 0 Å². The summed E-state index contributed by atoms with van der Waals surface area (Å²) in [5, 5.41) is 3.69. The van der Waals surface area contributed by atoms with Crippen molar-refractivity contribution in [1.82, 2.24) is 10.2 Å². The molecule has 1 aliphatic rings.